The Morgan fingerprint density at radius 1 is 0.842 bits per heavy atom. The molecule has 0 saturated carbocycles. The van der Waals surface area contributed by atoms with Crippen LogP contribution in [0.5, 0.6) is 11.5 Å². The van der Waals surface area contributed by atoms with E-state index in [1.54, 1.807) is 0 Å². The summed E-state index contributed by atoms with van der Waals surface area (Å²) in [6, 6.07) is 4.27. The zero-order valence-electron chi connectivity index (χ0n) is 22.7. The minimum absolute atomic E-state index is 0.0889. The van der Waals surface area contributed by atoms with Gasteiger partial charge in [-0.15, -0.1) is 0 Å². The van der Waals surface area contributed by atoms with E-state index in [0.717, 1.165) is 6.42 Å². The van der Waals surface area contributed by atoms with E-state index in [4.69, 9.17) is 38.9 Å². The molecule has 0 bridgehead atoms. The van der Waals surface area contributed by atoms with E-state index < -0.39 is 30.0 Å². The van der Waals surface area contributed by atoms with Crippen molar-refractivity contribution >= 4 is 24.4 Å². The average molecular weight is 542 g/mol. The van der Waals surface area contributed by atoms with E-state index in [1.165, 1.54) is 25.3 Å². The fourth-order valence-electron chi connectivity index (χ4n) is 2.95. The zero-order chi connectivity index (χ0) is 28.6. The summed E-state index contributed by atoms with van der Waals surface area (Å²) in [4.78, 5) is 48.4. The van der Waals surface area contributed by atoms with Crippen LogP contribution in [0, 0.1) is 5.92 Å². The van der Waals surface area contributed by atoms with Crippen molar-refractivity contribution in [2.45, 2.75) is 65.3 Å². The minimum atomic E-state index is -1.60. The fraction of sp³-hybridized carbons (Fsp3) is 0.615. The molecule has 0 amide bonds. The first-order valence-electron chi connectivity index (χ1n) is 12.6. The van der Waals surface area contributed by atoms with Crippen LogP contribution in [0.2, 0.25) is 0 Å². The van der Waals surface area contributed by atoms with Gasteiger partial charge in [-0.25, -0.2) is 14.4 Å². The van der Waals surface area contributed by atoms with E-state index in [1.807, 2.05) is 27.7 Å². The molecule has 12 heteroatoms. The van der Waals surface area contributed by atoms with Crippen LogP contribution in [0.1, 0.15) is 58.9 Å². The second kappa shape index (κ2) is 17.1. The standard InChI is InChI=1S/C26H39NO11/c1-6-12-33-24(30)37-20-10-9-19(15-21(20)38-25(31)34-13-7-2)16-26(27,22(28)32-5)11-14-35-23(29)36-17-18(4)8-3/h9-10,15,18H,6-8,11-14,16-17,27H2,1-5H3/t18-,26?/m0/s1. The van der Waals surface area contributed by atoms with Gasteiger partial charge in [0.15, 0.2) is 11.5 Å². The third kappa shape index (κ3) is 11.7. The molecule has 12 nitrogen and oxygen atoms in total. The van der Waals surface area contributed by atoms with Crippen LogP contribution >= 0.6 is 0 Å². The molecule has 0 aromatic heterocycles. The van der Waals surface area contributed by atoms with Crippen molar-refractivity contribution in [2.75, 3.05) is 33.5 Å². The highest BCUT2D eigenvalue weighted by molar-refractivity contribution is 5.81. The number of rotatable bonds is 15. The van der Waals surface area contributed by atoms with Crippen LogP contribution in [-0.2, 0) is 34.9 Å². The van der Waals surface area contributed by atoms with Gasteiger partial charge in [0, 0.05) is 12.8 Å². The third-order valence-corrected chi connectivity index (χ3v) is 5.30. The van der Waals surface area contributed by atoms with Gasteiger partial charge in [0.25, 0.3) is 0 Å². The Morgan fingerprint density at radius 3 is 1.97 bits per heavy atom. The Labute approximate surface area is 223 Å². The minimum Gasteiger partial charge on any atom is -0.468 e. The summed E-state index contributed by atoms with van der Waals surface area (Å²) in [6.45, 7) is 7.82. The van der Waals surface area contributed by atoms with Crippen molar-refractivity contribution < 1.29 is 52.3 Å². The number of ether oxygens (including phenoxy) is 7. The number of benzene rings is 1. The molecular formula is C26H39NO11. The lowest BCUT2D eigenvalue weighted by Gasteiger charge is -2.26. The number of esters is 1. The molecular weight excluding hydrogens is 502 g/mol. The molecule has 1 unspecified atom stereocenters. The van der Waals surface area contributed by atoms with Gasteiger partial charge in [-0.2, -0.15) is 0 Å². The molecule has 1 aromatic carbocycles. The van der Waals surface area contributed by atoms with Gasteiger partial charge in [-0.1, -0.05) is 40.2 Å². The van der Waals surface area contributed by atoms with Crippen molar-refractivity contribution in [1.82, 2.24) is 0 Å². The molecule has 0 aliphatic carbocycles. The number of hydrogen-bond acceptors (Lipinski definition) is 12. The molecule has 1 aromatic rings. The van der Waals surface area contributed by atoms with Gasteiger partial charge < -0.3 is 38.9 Å². The quantitative estimate of drug-likeness (QED) is 0.188. The Kier molecular flexibility index (Phi) is 14.6. The summed E-state index contributed by atoms with van der Waals surface area (Å²) in [5.41, 5.74) is 5.19. The largest absolute Gasteiger partial charge is 0.513 e. The first kappa shape index (κ1) is 32.5. The highest BCUT2D eigenvalue weighted by Gasteiger charge is 2.36. The molecule has 1 rings (SSSR count). The predicted octanol–water partition coefficient (Wildman–Crippen LogP) is 4.54. The second-order valence-corrected chi connectivity index (χ2v) is 8.68. The summed E-state index contributed by atoms with van der Waals surface area (Å²) in [6.07, 6.45) is -1.03. The Balaban J connectivity index is 3.05. The Morgan fingerprint density at radius 2 is 1.42 bits per heavy atom. The topological polar surface area (TPSA) is 159 Å². The Hall–Kier alpha value is -3.54. The summed E-state index contributed by atoms with van der Waals surface area (Å²) < 4.78 is 35.2. The molecule has 0 saturated heterocycles. The molecule has 0 radical (unpaired) electrons. The number of methoxy groups -OCH3 is 1. The molecule has 2 atom stereocenters. The number of nitrogens with two attached hydrogens (primary N) is 1. The normalized spacial score (nSPS) is 12.9. The summed E-state index contributed by atoms with van der Waals surface area (Å²) in [5.74, 6) is -0.810. The maximum Gasteiger partial charge on any atom is 0.513 e. The van der Waals surface area contributed by atoms with Gasteiger partial charge in [-0.3, -0.25) is 4.79 Å². The van der Waals surface area contributed by atoms with Crippen molar-refractivity contribution in [3.8, 4) is 11.5 Å². The second-order valence-electron chi connectivity index (χ2n) is 8.68. The average Bonchev–Trinajstić information content (AvgIpc) is 2.90. The van der Waals surface area contributed by atoms with E-state index in [9.17, 15) is 19.2 Å². The highest BCUT2D eigenvalue weighted by atomic mass is 16.7. The number of carbonyl (C=O) groups excluding carboxylic acids is 4. The molecule has 2 N–H and O–H groups in total. The van der Waals surface area contributed by atoms with Gasteiger partial charge in [-0.05, 0) is 36.5 Å². The molecule has 0 fully saturated rings. The molecule has 0 heterocycles. The van der Waals surface area contributed by atoms with Crippen LogP contribution in [0.25, 0.3) is 0 Å². The van der Waals surface area contributed by atoms with Gasteiger partial charge in [0.05, 0.1) is 33.5 Å². The van der Waals surface area contributed by atoms with Gasteiger partial charge in [0.2, 0.25) is 0 Å². The van der Waals surface area contributed by atoms with E-state index >= 15 is 0 Å². The fourth-order valence-corrected chi connectivity index (χ4v) is 2.95. The maximum absolute atomic E-state index is 12.6. The molecule has 0 aliphatic heterocycles. The molecule has 0 spiro atoms. The van der Waals surface area contributed by atoms with Crippen LogP contribution in [0.15, 0.2) is 18.2 Å². The van der Waals surface area contributed by atoms with Crippen molar-refractivity contribution in [3.05, 3.63) is 23.8 Å². The van der Waals surface area contributed by atoms with Crippen molar-refractivity contribution in [2.24, 2.45) is 11.7 Å². The highest BCUT2D eigenvalue weighted by Crippen LogP contribution is 2.31. The van der Waals surface area contributed by atoms with Gasteiger partial charge in [0.1, 0.15) is 5.54 Å². The number of hydrogen-bond donors (Lipinski definition) is 1. The van der Waals surface area contributed by atoms with Crippen LogP contribution in [0.4, 0.5) is 14.4 Å². The first-order valence-corrected chi connectivity index (χ1v) is 12.6. The zero-order valence-corrected chi connectivity index (χ0v) is 22.7. The lowest BCUT2D eigenvalue weighted by atomic mass is 9.88. The lowest BCUT2D eigenvalue weighted by molar-refractivity contribution is -0.147. The molecule has 214 valence electrons. The summed E-state index contributed by atoms with van der Waals surface area (Å²) in [5, 5.41) is 0. The summed E-state index contributed by atoms with van der Waals surface area (Å²) in [7, 11) is 1.18. The van der Waals surface area contributed by atoms with Crippen molar-refractivity contribution in [1.29, 1.82) is 0 Å². The molecule has 0 aliphatic rings. The van der Waals surface area contributed by atoms with Crippen LogP contribution in [0.3, 0.4) is 0 Å². The lowest BCUT2D eigenvalue weighted by Crippen LogP contribution is -2.51. The van der Waals surface area contributed by atoms with Gasteiger partial charge >= 0.3 is 24.4 Å². The van der Waals surface area contributed by atoms with Crippen LogP contribution < -0.4 is 15.2 Å². The van der Waals surface area contributed by atoms with Crippen molar-refractivity contribution in [3.63, 3.8) is 0 Å². The Bertz CT molecular complexity index is 920. The third-order valence-electron chi connectivity index (χ3n) is 5.30. The SMILES string of the molecule is CCCOC(=O)Oc1ccc(CC(N)(CCOC(=O)OC[C@@H](C)CC)C(=O)OC)cc1OC(=O)OCCC. The van der Waals surface area contributed by atoms with E-state index in [0.29, 0.717) is 18.4 Å². The van der Waals surface area contributed by atoms with Crippen LogP contribution in [-0.4, -0.2) is 63.5 Å². The summed E-state index contributed by atoms with van der Waals surface area (Å²) >= 11 is 0. The van der Waals surface area contributed by atoms with E-state index in [2.05, 4.69) is 0 Å². The monoisotopic (exact) mass is 541 g/mol. The number of carbonyl (C=O) groups is 4. The smallest absolute Gasteiger partial charge is 0.468 e. The predicted molar refractivity (Wildman–Crippen MR) is 135 cm³/mol. The first-order chi connectivity index (χ1) is 18.1. The molecule has 38 heavy (non-hydrogen) atoms. The van der Waals surface area contributed by atoms with E-state index in [-0.39, 0.29) is 56.7 Å². The maximum atomic E-state index is 12.6.